The molecule has 1 saturated carbocycles. The Morgan fingerprint density at radius 3 is 2.67 bits per heavy atom. The number of carbonyl (C=O) groups is 1. The summed E-state index contributed by atoms with van der Waals surface area (Å²) in [5, 5.41) is 0. The third-order valence-corrected chi connectivity index (χ3v) is 5.36. The molecule has 1 aromatic carbocycles. The first kappa shape index (κ1) is 14.4. The lowest BCUT2D eigenvalue weighted by atomic mass is 9.83. The minimum atomic E-state index is 0.188. The molecule has 0 radical (unpaired) electrons. The van der Waals surface area contributed by atoms with Crippen molar-refractivity contribution in [2.45, 2.75) is 57.9 Å². The summed E-state index contributed by atoms with van der Waals surface area (Å²) < 4.78 is 0. The van der Waals surface area contributed by atoms with E-state index in [1.807, 2.05) is 25.1 Å². The van der Waals surface area contributed by atoms with E-state index < -0.39 is 0 Å². The van der Waals surface area contributed by atoms with Crippen molar-refractivity contribution in [2.75, 3.05) is 12.3 Å². The van der Waals surface area contributed by atoms with Crippen LogP contribution in [-0.2, 0) is 0 Å². The first-order valence-corrected chi connectivity index (χ1v) is 8.34. The van der Waals surface area contributed by atoms with Crippen molar-refractivity contribution in [3.05, 3.63) is 29.3 Å². The van der Waals surface area contributed by atoms with E-state index in [9.17, 15) is 4.79 Å². The van der Waals surface area contributed by atoms with Gasteiger partial charge in [0, 0.05) is 23.8 Å². The van der Waals surface area contributed by atoms with E-state index in [1.54, 1.807) is 0 Å². The Kier molecular flexibility index (Phi) is 4.18. The van der Waals surface area contributed by atoms with E-state index in [2.05, 4.69) is 4.90 Å². The van der Waals surface area contributed by atoms with E-state index >= 15 is 0 Å². The average molecular weight is 286 g/mol. The zero-order chi connectivity index (χ0) is 14.8. The molecule has 1 aliphatic heterocycles. The second-order valence-electron chi connectivity index (χ2n) is 6.63. The molecule has 1 aromatic rings. The highest BCUT2D eigenvalue weighted by molar-refractivity contribution is 5.97. The van der Waals surface area contributed by atoms with Gasteiger partial charge in [-0.15, -0.1) is 0 Å². The van der Waals surface area contributed by atoms with Crippen LogP contribution in [0.1, 0.15) is 60.9 Å². The molecule has 3 rings (SSSR count). The maximum atomic E-state index is 12.9. The third-order valence-electron chi connectivity index (χ3n) is 5.36. The minimum absolute atomic E-state index is 0.188. The number of rotatable bonds is 2. The number of hydrogen-bond acceptors (Lipinski definition) is 2. The van der Waals surface area contributed by atoms with Gasteiger partial charge in [0.15, 0.2) is 0 Å². The summed E-state index contributed by atoms with van der Waals surface area (Å²) in [4.78, 5) is 15.1. The van der Waals surface area contributed by atoms with E-state index in [0.29, 0.717) is 17.6 Å². The number of nitrogens with zero attached hydrogens (tertiary/aromatic N) is 1. The smallest absolute Gasteiger partial charge is 0.254 e. The highest BCUT2D eigenvalue weighted by Crippen LogP contribution is 2.35. The number of likely N-dealkylation sites (tertiary alicyclic amines) is 1. The Labute approximate surface area is 127 Å². The normalized spacial score (nSPS) is 23.5. The quantitative estimate of drug-likeness (QED) is 0.841. The fourth-order valence-corrected chi connectivity index (χ4v) is 4.09. The van der Waals surface area contributed by atoms with Crippen molar-refractivity contribution in [2.24, 2.45) is 5.92 Å². The number of anilines is 1. The summed E-state index contributed by atoms with van der Waals surface area (Å²) in [7, 11) is 0. The van der Waals surface area contributed by atoms with Gasteiger partial charge in [-0.3, -0.25) is 4.79 Å². The van der Waals surface area contributed by atoms with Gasteiger partial charge in [0.05, 0.1) is 0 Å². The lowest BCUT2D eigenvalue weighted by molar-refractivity contribution is 0.0661. The Bertz CT molecular complexity index is 520. The number of nitrogens with two attached hydrogens (primary N) is 1. The molecule has 2 aliphatic rings. The Hall–Kier alpha value is -1.51. The lowest BCUT2D eigenvalue weighted by Crippen LogP contribution is -2.41. The van der Waals surface area contributed by atoms with Gasteiger partial charge in [-0.05, 0) is 56.2 Å². The molecule has 114 valence electrons. The molecule has 1 amide bonds. The van der Waals surface area contributed by atoms with Gasteiger partial charge in [-0.1, -0.05) is 25.3 Å². The molecule has 0 aromatic heterocycles. The summed E-state index contributed by atoms with van der Waals surface area (Å²) in [6.45, 7) is 2.86. The monoisotopic (exact) mass is 286 g/mol. The molecule has 0 bridgehead atoms. The molecular formula is C18H26N2O. The van der Waals surface area contributed by atoms with E-state index in [1.165, 1.54) is 38.5 Å². The molecule has 2 fully saturated rings. The fraction of sp³-hybridized carbons (Fsp3) is 0.611. The van der Waals surface area contributed by atoms with Crippen LogP contribution in [0, 0.1) is 12.8 Å². The van der Waals surface area contributed by atoms with E-state index in [-0.39, 0.29) is 5.91 Å². The zero-order valence-electron chi connectivity index (χ0n) is 13.0. The van der Waals surface area contributed by atoms with Gasteiger partial charge >= 0.3 is 0 Å². The summed E-state index contributed by atoms with van der Waals surface area (Å²) >= 11 is 0. The molecule has 2 N–H and O–H groups in total. The Morgan fingerprint density at radius 1 is 1.14 bits per heavy atom. The second-order valence-corrected chi connectivity index (χ2v) is 6.63. The first-order chi connectivity index (χ1) is 10.2. The number of carbonyl (C=O) groups excluding carboxylic acids is 1. The maximum absolute atomic E-state index is 12.9. The molecule has 3 heteroatoms. The van der Waals surface area contributed by atoms with Crippen molar-refractivity contribution in [3.63, 3.8) is 0 Å². The van der Waals surface area contributed by atoms with Gasteiger partial charge in [0.2, 0.25) is 0 Å². The predicted octanol–water partition coefficient (Wildman–Crippen LogP) is 3.76. The second kappa shape index (κ2) is 6.08. The Balaban J connectivity index is 1.81. The van der Waals surface area contributed by atoms with Crippen molar-refractivity contribution >= 4 is 11.6 Å². The van der Waals surface area contributed by atoms with Crippen molar-refractivity contribution in [3.8, 4) is 0 Å². The van der Waals surface area contributed by atoms with E-state index in [4.69, 9.17) is 5.73 Å². The summed E-state index contributed by atoms with van der Waals surface area (Å²) in [5.74, 6) is 0.902. The minimum Gasteiger partial charge on any atom is -0.398 e. The van der Waals surface area contributed by atoms with Crippen LogP contribution in [0.25, 0.3) is 0 Å². The molecule has 1 unspecified atom stereocenters. The SMILES string of the molecule is Cc1c(N)cccc1C(=O)N1CCCC1C1CCCCC1. The van der Waals surface area contributed by atoms with Gasteiger partial charge < -0.3 is 10.6 Å². The maximum Gasteiger partial charge on any atom is 0.254 e. The van der Waals surface area contributed by atoms with Crippen LogP contribution < -0.4 is 5.73 Å². The highest BCUT2D eigenvalue weighted by Gasteiger charge is 2.35. The van der Waals surface area contributed by atoms with E-state index in [0.717, 1.165) is 24.1 Å². The van der Waals surface area contributed by atoms with Crippen molar-refractivity contribution < 1.29 is 4.79 Å². The van der Waals surface area contributed by atoms with Crippen LogP contribution >= 0.6 is 0 Å². The highest BCUT2D eigenvalue weighted by atomic mass is 16.2. The van der Waals surface area contributed by atoms with Gasteiger partial charge in [0.1, 0.15) is 0 Å². The van der Waals surface area contributed by atoms with Gasteiger partial charge in [-0.2, -0.15) is 0 Å². The third kappa shape index (κ3) is 2.78. The standard InChI is InChI=1S/C18H26N2O/c1-13-15(9-5-10-16(13)19)18(21)20-12-6-11-17(20)14-7-3-2-4-8-14/h5,9-10,14,17H,2-4,6-8,11-12,19H2,1H3. The predicted molar refractivity (Wildman–Crippen MR) is 86.2 cm³/mol. The van der Waals surface area contributed by atoms with Crippen molar-refractivity contribution in [1.29, 1.82) is 0 Å². The summed E-state index contributed by atoms with van der Waals surface area (Å²) in [6.07, 6.45) is 8.95. The summed E-state index contributed by atoms with van der Waals surface area (Å²) in [6, 6.07) is 6.14. The number of nitrogen functional groups attached to an aromatic ring is 1. The largest absolute Gasteiger partial charge is 0.398 e. The fourth-order valence-electron chi connectivity index (χ4n) is 4.09. The molecule has 1 heterocycles. The number of hydrogen-bond donors (Lipinski definition) is 1. The molecule has 1 aliphatic carbocycles. The van der Waals surface area contributed by atoms with Crippen molar-refractivity contribution in [1.82, 2.24) is 4.90 Å². The average Bonchev–Trinajstić information content (AvgIpc) is 3.00. The molecule has 0 spiro atoms. The molecular weight excluding hydrogens is 260 g/mol. The number of benzene rings is 1. The van der Waals surface area contributed by atoms with Gasteiger partial charge in [-0.25, -0.2) is 0 Å². The lowest BCUT2D eigenvalue weighted by Gasteiger charge is -2.34. The summed E-state index contributed by atoms with van der Waals surface area (Å²) in [5.41, 5.74) is 8.40. The molecule has 1 saturated heterocycles. The molecule has 1 atom stereocenters. The van der Waals surface area contributed by atoms with Crippen LogP contribution in [0.3, 0.4) is 0 Å². The zero-order valence-corrected chi connectivity index (χ0v) is 13.0. The van der Waals surface area contributed by atoms with Crippen LogP contribution in [0.2, 0.25) is 0 Å². The van der Waals surface area contributed by atoms with Gasteiger partial charge in [0.25, 0.3) is 5.91 Å². The van der Waals surface area contributed by atoms with Crippen LogP contribution in [0.15, 0.2) is 18.2 Å². The Morgan fingerprint density at radius 2 is 1.90 bits per heavy atom. The van der Waals surface area contributed by atoms with Crippen LogP contribution in [0.5, 0.6) is 0 Å². The number of amides is 1. The van der Waals surface area contributed by atoms with Crippen LogP contribution in [-0.4, -0.2) is 23.4 Å². The topological polar surface area (TPSA) is 46.3 Å². The molecule has 3 nitrogen and oxygen atoms in total. The van der Waals surface area contributed by atoms with Crippen LogP contribution in [0.4, 0.5) is 5.69 Å². The first-order valence-electron chi connectivity index (χ1n) is 8.34. The molecule has 21 heavy (non-hydrogen) atoms.